The number of anilines is 1. The summed E-state index contributed by atoms with van der Waals surface area (Å²) in [4.78, 5) is 15.4. The number of hydrogen-bond donors (Lipinski definition) is 2. The Morgan fingerprint density at radius 2 is 2.03 bits per heavy atom. The number of aromatic nitrogens is 5. The molecule has 3 aromatic rings. The van der Waals surface area contributed by atoms with Gasteiger partial charge in [-0.2, -0.15) is 9.78 Å². The molecule has 3 heterocycles. The highest BCUT2D eigenvalue weighted by Gasteiger charge is 2.27. The summed E-state index contributed by atoms with van der Waals surface area (Å²) in [6.07, 6.45) is 3.94. The number of nitrogens with two attached hydrogens (primary N) is 1. The van der Waals surface area contributed by atoms with E-state index in [1.54, 1.807) is 0 Å². The normalized spacial score (nSPS) is 17.5. The molecular weight excluding hydrogens is 386 g/mol. The molecular formula is C19H21N9O2. The predicted octanol–water partition coefficient (Wildman–Crippen LogP) is 0.909. The number of fused-ring (bicyclic) bond motifs is 1. The summed E-state index contributed by atoms with van der Waals surface area (Å²) in [6, 6.07) is 8.06. The van der Waals surface area contributed by atoms with Gasteiger partial charge in [-0.1, -0.05) is 29.5 Å². The number of carbonyl (C=O) groups excluding carboxylic acids is 1. The van der Waals surface area contributed by atoms with Crippen LogP contribution in [0.5, 0.6) is 0 Å². The van der Waals surface area contributed by atoms with Gasteiger partial charge in [0.15, 0.2) is 5.69 Å². The molecule has 0 saturated carbocycles. The van der Waals surface area contributed by atoms with Crippen LogP contribution in [-0.4, -0.2) is 54.9 Å². The van der Waals surface area contributed by atoms with Gasteiger partial charge in [0, 0.05) is 12.1 Å². The van der Waals surface area contributed by atoms with Crippen molar-refractivity contribution in [2.45, 2.75) is 32.2 Å². The van der Waals surface area contributed by atoms with Crippen LogP contribution in [-0.2, 0) is 13.0 Å². The summed E-state index contributed by atoms with van der Waals surface area (Å²) in [7, 11) is 0. The standard InChI is InChI=1S/C19H21N9O2/c20-17-18(25-30-24-17)28-16(15(22-26-28)11-27-9-3-4-10-27)19(29)23-21-14-8-7-12-5-1-2-6-13(12)14/h1-2,5-6H,3-4,7-11H2,(H2,20,24)(H,23,29). The molecule has 0 spiro atoms. The van der Waals surface area contributed by atoms with Gasteiger partial charge in [0.05, 0.1) is 5.71 Å². The molecule has 5 rings (SSSR count). The van der Waals surface area contributed by atoms with Crippen LogP contribution in [0.3, 0.4) is 0 Å². The van der Waals surface area contributed by atoms with E-state index in [1.165, 1.54) is 10.2 Å². The molecule has 0 bridgehead atoms. The molecule has 3 N–H and O–H groups in total. The number of nitrogens with one attached hydrogen (secondary N) is 1. The second-order valence-corrected chi connectivity index (χ2v) is 7.41. The van der Waals surface area contributed by atoms with E-state index in [9.17, 15) is 4.79 Å². The Labute approximate surface area is 171 Å². The van der Waals surface area contributed by atoms with Crippen LogP contribution < -0.4 is 11.2 Å². The average Bonchev–Trinajstić information content (AvgIpc) is 3.54. The van der Waals surface area contributed by atoms with Crippen molar-refractivity contribution in [1.29, 1.82) is 0 Å². The lowest BCUT2D eigenvalue weighted by atomic mass is 10.1. The van der Waals surface area contributed by atoms with Gasteiger partial charge in [-0.05, 0) is 54.6 Å². The molecule has 1 fully saturated rings. The average molecular weight is 407 g/mol. The fourth-order valence-electron chi connectivity index (χ4n) is 3.98. The van der Waals surface area contributed by atoms with E-state index >= 15 is 0 Å². The first-order valence-corrected chi connectivity index (χ1v) is 9.91. The van der Waals surface area contributed by atoms with E-state index in [0.29, 0.717) is 12.2 Å². The van der Waals surface area contributed by atoms with Crippen molar-refractivity contribution in [2.75, 3.05) is 18.8 Å². The van der Waals surface area contributed by atoms with Crippen molar-refractivity contribution in [2.24, 2.45) is 5.10 Å². The quantitative estimate of drug-likeness (QED) is 0.595. The summed E-state index contributed by atoms with van der Waals surface area (Å²) >= 11 is 0. The van der Waals surface area contributed by atoms with Crippen LogP contribution in [0.1, 0.15) is 46.6 Å². The van der Waals surface area contributed by atoms with Crippen LogP contribution in [0, 0.1) is 0 Å². The van der Waals surface area contributed by atoms with E-state index in [1.807, 2.05) is 18.2 Å². The van der Waals surface area contributed by atoms with E-state index in [-0.39, 0.29) is 17.3 Å². The number of nitrogens with zero attached hydrogens (tertiary/aromatic N) is 7. The van der Waals surface area contributed by atoms with Crippen LogP contribution in [0.15, 0.2) is 34.0 Å². The largest absolute Gasteiger partial charge is 0.378 e. The highest BCUT2D eigenvalue weighted by atomic mass is 16.6. The number of benzene rings is 1. The lowest BCUT2D eigenvalue weighted by molar-refractivity contribution is 0.0945. The van der Waals surface area contributed by atoms with Gasteiger partial charge < -0.3 is 5.73 Å². The summed E-state index contributed by atoms with van der Waals surface area (Å²) in [5, 5.41) is 20.0. The van der Waals surface area contributed by atoms with Gasteiger partial charge in [-0.3, -0.25) is 9.69 Å². The first kappa shape index (κ1) is 18.4. The molecule has 154 valence electrons. The van der Waals surface area contributed by atoms with Crippen molar-refractivity contribution >= 4 is 17.4 Å². The number of nitrogen functional groups attached to an aromatic ring is 1. The number of aryl methyl sites for hydroxylation is 1. The fraction of sp³-hybridized carbons (Fsp3) is 0.368. The SMILES string of the molecule is Nc1nonc1-n1nnc(CN2CCCC2)c1C(=O)NN=C1CCc2ccccc21. The van der Waals surface area contributed by atoms with Crippen molar-refractivity contribution in [3.8, 4) is 5.82 Å². The zero-order chi connectivity index (χ0) is 20.5. The monoisotopic (exact) mass is 407 g/mol. The van der Waals surface area contributed by atoms with E-state index in [0.717, 1.165) is 50.0 Å². The first-order valence-electron chi connectivity index (χ1n) is 9.91. The molecule has 2 aliphatic rings. The Morgan fingerprint density at radius 3 is 2.83 bits per heavy atom. The van der Waals surface area contributed by atoms with Crippen LogP contribution in [0.25, 0.3) is 5.82 Å². The fourth-order valence-corrected chi connectivity index (χ4v) is 3.98. The molecule has 1 amide bonds. The Kier molecular flexibility index (Phi) is 4.71. The molecule has 0 unspecified atom stereocenters. The highest BCUT2D eigenvalue weighted by Crippen LogP contribution is 2.22. The van der Waals surface area contributed by atoms with Gasteiger partial charge in [0.25, 0.3) is 5.91 Å². The summed E-state index contributed by atoms with van der Waals surface area (Å²) < 4.78 is 5.93. The third kappa shape index (κ3) is 3.32. The van der Waals surface area contributed by atoms with Crippen molar-refractivity contribution in [3.63, 3.8) is 0 Å². The minimum atomic E-state index is -0.437. The molecule has 1 aliphatic carbocycles. The summed E-state index contributed by atoms with van der Waals surface area (Å²) in [5.41, 5.74) is 12.4. The Morgan fingerprint density at radius 1 is 1.20 bits per heavy atom. The second kappa shape index (κ2) is 7.67. The van der Waals surface area contributed by atoms with Gasteiger partial charge in [-0.25, -0.2) is 10.1 Å². The minimum Gasteiger partial charge on any atom is -0.378 e. The molecule has 1 saturated heterocycles. The molecule has 0 atom stereocenters. The molecule has 11 heteroatoms. The maximum Gasteiger partial charge on any atom is 0.292 e. The van der Waals surface area contributed by atoms with Crippen LogP contribution in [0.2, 0.25) is 0 Å². The summed E-state index contributed by atoms with van der Waals surface area (Å²) in [5.74, 6) is -0.287. The van der Waals surface area contributed by atoms with E-state index < -0.39 is 5.91 Å². The van der Waals surface area contributed by atoms with E-state index in [4.69, 9.17) is 5.73 Å². The van der Waals surface area contributed by atoms with Crippen LogP contribution in [0.4, 0.5) is 5.82 Å². The first-order chi connectivity index (χ1) is 14.7. The molecule has 11 nitrogen and oxygen atoms in total. The molecule has 1 aliphatic heterocycles. The predicted molar refractivity (Wildman–Crippen MR) is 107 cm³/mol. The number of likely N-dealkylation sites (tertiary alicyclic amines) is 1. The number of hydrazone groups is 1. The summed E-state index contributed by atoms with van der Waals surface area (Å²) in [6.45, 7) is 2.43. The lowest BCUT2D eigenvalue weighted by Crippen LogP contribution is -2.26. The van der Waals surface area contributed by atoms with Crippen molar-refractivity contribution < 1.29 is 9.42 Å². The number of carbonyl (C=O) groups is 1. The van der Waals surface area contributed by atoms with Gasteiger partial charge in [-0.15, -0.1) is 5.10 Å². The maximum absolute atomic E-state index is 13.1. The maximum atomic E-state index is 13.1. The number of amides is 1. The van der Waals surface area contributed by atoms with Crippen molar-refractivity contribution in [1.82, 2.24) is 35.6 Å². The van der Waals surface area contributed by atoms with Gasteiger partial charge >= 0.3 is 0 Å². The Balaban J connectivity index is 1.45. The highest BCUT2D eigenvalue weighted by molar-refractivity contribution is 6.05. The molecule has 2 aromatic heterocycles. The third-order valence-electron chi connectivity index (χ3n) is 5.48. The third-order valence-corrected chi connectivity index (χ3v) is 5.48. The van der Waals surface area contributed by atoms with Gasteiger partial charge in [0.2, 0.25) is 11.6 Å². The minimum absolute atomic E-state index is 0.0257. The zero-order valence-corrected chi connectivity index (χ0v) is 16.3. The molecule has 0 radical (unpaired) electrons. The Hall–Kier alpha value is -3.60. The molecule has 30 heavy (non-hydrogen) atoms. The van der Waals surface area contributed by atoms with Gasteiger partial charge in [0.1, 0.15) is 5.69 Å². The second-order valence-electron chi connectivity index (χ2n) is 7.41. The Bertz CT molecular complexity index is 1110. The van der Waals surface area contributed by atoms with E-state index in [2.05, 4.69) is 46.7 Å². The van der Waals surface area contributed by atoms with Crippen LogP contribution >= 0.6 is 0 Å². The number of rotatable bonds is 5. The smallest absolute Gasteiger partial charge is 0.292 e. The zero-order valence-electron chi connectivity index (χ0n) is 16.3. The van der Waals surface area contributed by atoms with Crippen molar-refractivity contribution in [3.05, 3.63) is 46.8 Å². The lowest BCUT2D eigenvalue weighted by Gasteiger charge is -2.13. The topological polar surface area (TPSA) is 140 Å². The molecule has 1 aromatic carbocycles. The number of hydrogen-bond acceptors (Lipinski definition) is 9.